The van der Waals surface area contributed by atoms with E-state index in [1.807, 2.05) is 29.7 Å². The van der Waals surface area contributed by atoms with E-state index in [1.54, 1.807) is 4.31 Å². The number of hydrogen-bond donors (Lipinski definition) is 1. The Morgan fingerprint density at radius 2 is 2.14 bits per heavy atom. The molecule has 0 spiro atoms. The van der Waals surface area contributed by atoms with Gasteiger partial charge in [0.25, 0.3) is 0 Å². The zero-order chi connectivity index (χ0) is 15.9. The molecule has 1 unspecified atom stereocenters. The van der Waals surface area contributed by atoms with Gasteiger partial charge in [0.2, 0.25) is 10.0 Å². The van der Waals surface area contributed by atoms with E-state index in [9.17, 15) is 13.5 Å². The zero-order valence-corrected chi connectivity index (χ0v) is 14.0. The quantitative estimate of drug-likeness (QED) is 0.834. The average Bonchev–Trinajstić information content (AvgIpc) is 3.23. The van der Waals surface area contributed by atoms with E-state index in [0.29, 0.717) is 31.9 Å². The number of aliphatic hydroxyl groups is 1. The van der Waals surface area contributed by atoms with Crippen LogP contribution in [0.25, 0.3) is 0 Å². The maximum atomic E-state index is 12.4. The second kappa shape index (κ2) is 5.92. The summed E-state index contributed by atoms with van der Waals surface area (Å²) in [6, 6.07) is 1.84. The van der Waals surface area contributed by atoms with Gasteiger partial charge >= 0.3 is 0 Å². The first kappa shape index (κ1) is 15.9. The lowest BCUT2D eigenvalue weighted by Crippen LogP contribution is -2.33. The molecule has 1 aromatic heterocycles. The molecule has 7 nitrogen and oxygen atoms in total. The second-order valence-electron chi connectivity index (χ2n) is 6.49. The molecule has 0 amide bonds. The van der Waals surface area contributed by atoms with Gasteiger partial charge in [0, 0.05) is 19.6 Å². The molecule has 3 rings (SSSR count). The lowest BCUT2D eigenvalue weighted by molar-refractivity contribution is 0.133. The third-order valence-corrected chi connectivity index (χ3v) is 6.53. The predicted molar refractivity (Wildman–Crippen MR) is 82.7 cm³/mol. The second-order valence-corrected chi connectivity index (χ2v) is 8.71. The van der Waals surface area contributed by atoms with Crippen molar-refractivity contribution in [2.45, 2.75) is 43.7 Å². The van der Waals surface area contributed by atoms with Crippen LogP contribution in [0, 0.1) is 0 Å². The Balaban J connectivity index is 1.79. The normalized spacial score (nSPS) is 21.6. The number of rotatable bonds is 5. The number of aliphatic hydroxyl groups excluding tert-OH is 1. The van der Waals surface area contributed by atoms with E-state index < -0.39 is 16.1 Å². The molecule has 1 saturated carbocycles. The number of fused-ring (bicyclic) bond motifs is 1. The number of sulfonamides is 1. The lowest BCUT2D eigenvalue weighted by atomic mass is 10.2. The van der Waals surface area contributed by atoms with E-state index in [-0.39, 0.29) is 5.25 Å². The first-order chi connectivity index (χ1) is 10.4. The maximum absolute atomic E-state index is 12.4. The number of aryl methyl sites for hydroxylation is 1. The molecular weight excluding hydrogens is 304 g/mol. The van der Waals surface area contributed by atoms with Crippen molar-refractivity contribution < 1.29 is 13.5 Å². The number of likely N-dealkylation sites (N-methyl/N-ethyl adjacent to an activating group) is 1. The van der Waals surface area contributed by atoms with Gasteiger partial charge in [-0.3, -0.25) is 4.68 Å². The van der Waals surface area contributed by atoms with E-state index in [4.69, 9.17) is 0 Å². The van der Waals surface area contributed by atoms with Gasteiger partial charge < -0.3 is 10.0 Å². The van der Waals surface area contributed by atoms with Crippen LogP contribution >= 0.6 is 0 Å². The van der Waals surface area contributed by atoms with Crippen molar-refractivity contribution in [1.82, 2.24) is 19.0 Å². The van der Waals surface area contributed by atoms with Gasteiger partial charge in [0.15, 0.2) is 0 Å². The maximum Gasteiger partial charge on any atom is 0.217 e. The van der Waals surface area contributed by atoms with Crippen molar-refractivity contribution in [3.63, 3.8) is 0 Å². The fraction of sp³-hybridized carbons (Fsp3) is 0.786. The Bertz CT molecular complexity index is 637. The van der Waals surface area contributed by atoms with Crippen molar-refractivity contribution in [2.75, 3.05) is 27.2 Å². The topological polar surface area (TPSA) is 78.7 Å². The van der Waals surface area contributed by atoms with Crippen LogP contribution in [0.2, 0.25) is 0 Å². The summed E-state index contributed by atoms with van der Waals surface area (Å²) >= 11 is 0. The highest BCUT2D eigenvalue weighted by atomic mass is 32.2. The number of nitrogens with zero attached hydrogens (tertiary/aromatic N) is 4. The van der Waals surface area contributed by atoms with Crippen molar-refractivity contribution >= 4 is 10.0 Å². The molecule has 8 heteroatoms. The standard InChI is InChI=1S/C14H24N4O3S/c1-16(2)10-14(19)13-8-11-9-17(6-3-7-18(11)15-13)22(20,21)12-4-5-12/h8,12,14,19H,3-7,9-10H2,1-2H3. The first-order valence-electron chi connectivity index (χ1n) is 7.76. The first-order valence-corrected chi connectivity index (χ1v) is 9.26. The number of aromatic nitrogens is 2. The van der Waals surface area contributed by atoms with Crippen molar-refractivity contribution in [3.8, 4) is 0 Å². The summed E-state index contributed by atoms with van der Waals surface area (Å²) in [5.41, 5.74) is 1.49. The molecule has 1 atom stereocenters. The molecule has 0 radical (unpaired) electrons. The predicted octanol–water partition coefficient (Wildman–Crippen LogP) is 0.176. The van der Waals surface area contributed by atoms with Crippen LogP contribution in [-0.2, 0) is 23.1 Å². The summed E-state index contributed by atoms with van der Waals surface area (Å²) < 4.78 is 28.3. The largest absolute Gasteiger partial charge is 0.385 e. The number of hydrogen-bond acceptors (Lipinski definition) is 5. The zero-order valence-electron chi connectivity index (χ0n) is 13.1. The van der Waals surface area contributed by atoms with Crippen LogP contribution < -0.4 is 0 Å². The monoisotopic (exact) mass is 328 g/mol. The summed E-state index contributed by atoms with van der Waals surface area (Å²) in [5.74, 6) is 0. The average molecular weight is 328 g/mol. The van der Waals surface area contributed by atoms with Crippen molar-refractivity contribution in [2.24, 2.45) is 0 Å². The van der Waals surface area contributed by atoms with Crippen LogP contribution in [0.15, 0.2) is 6.07 Å². The van der Waals surface area contributed by atoms with Crippen LogP contribution in [0.5, 0.6) is 0 Å². The molecule has 22 heavy (non-hydrogen) atoms. The third-order valence-electron chi connectivity index (χ3n) is 4.18. The molecule has 0 bridgehead atoms. The summed E-state index contributed by atoms with van der Waals surface area (Å²) in [6.45, 7) is 2.11. The van der Waals surface area contributed by atoms with Gasteiger partial charge in [-0.25, -0.2) is 8.42 Å². The Hall–Kier alpha value is -0.960. The van der Waals surface area contributed by atoms with Gasteiger partial charge in [-0.2, -0.15) is 9.40 Å². The highest BCUT2D eigenvalue weighted by molar-refractivity contribution is 7.90. The summed E-state index contributed by atoms with van der Waals surface area (Å²) in [6.07, 6.45) is 1.67. The van der Waals surface area contributed by atoms with Crippen LogP contribution in [-0.4, -0.2) is 64.9 Å². The van der Waals surface area contributed by atoms with E-state index in [0.717, 1.165) is 25.0 Å². The molecular formula is C14H24N4O3S. The van der Waals surface area contributed by atoms with Gasteiger partial charge in [-0.1, -0.05) is 0 Å². The molecule has 1 N–H and O–H groups in total. The van der Waals surface area contributed by atoms with Crippen molar-refractivity contribution in [3.05, 3.63) is 17.5 Å². The Labute approximate surface area is 131 Å². The van der Waals surface area contributed by atoms with E-state index in [2.05, 4.69) is 5.10 Å². The van der Waals surface area contributed by atoms with Crippen LogP contribution in [0.4, 0.5) is 0 Å². The fourth-order valence-electron chi connectivity index (χ4n) is 2.85. The van der Waals surface area contributed by atoms with Gasteiger partial charge in [-0.15, -0.1) is 0 Å². The third kappa shape index (κ3) is 3.19. The summed E-state index contributed by atoms with van der Waals surface area (Å²) in [7, 11) is 0.631. The highest BCUT2D eigenvalue weighted by Gasteiger charge is 2.40. The Morgan fingerprint density at radius 3 is 2.77 bits per heavy atom. The molecule has 1 fully saturated rings. The van der Waals surface area contributed by atoms with Crippen LogP contribution in [0.1, 0.15) is 36.8 Å². The minimum Gasteiger partial charge on any atom is -0.385 e. The molecule has 1 aromatic rings. The SMILES string of the molecule is CN(C)CC(O)c1cc2n(n1)CCCN(S(=O)(=O)C1CC1)C2. The molecule has 0 aromatic carbocycles. The van der Waals surface area contributed by atoms with Gasteiger partial charge in [-0.05, 0) is 39.4 Å². The molecule has 2 aliphatic rings. The van der Waals surface area contributed by atoms with Crippen molar-refractivity contribution in [1.29, 1.82) is 0 Å². The van der Waals surface area contributed by atoms with E-state index >= 15 is 0 Å². The minimum atomic E-state index is -3.16. The molecule has 124 valence electrons. The van der Waals surface area contributed by atoms with Gasteiger partial charge in [0.1, 0.15) is 6.10 Å². The summed E-state index contributed by atoms with van der Waals surface area (Å²) in [5, 5.41) is 14.5. The van der Waals surface area contributed by atoms with Crippen LogP contribution in [0.3, 0.4) is 0 Å². The van der Waals surface area contributed by atoms with Gasteiger partial charge in [0.05, 0.1) is 23.2 Å². The smallest absolute Gasteiger partial charge is 0.217 e. The molecule has 0 saturated heterocycles. The lowest BCUT2D eigenvalue weighted by Gasteiger charge is -2.19. The molecule has 1 aliphatic heterocycles. The Morgan fingerprint density at radius 1 is 1.41 bits per heavy atom. The molecule has 2 heterocycles. The molecule has 1 aliphatic carbocycles. The fourth-order valence-corrected chi connectivity index (χ4v) is 4.70. The Kier molecular flexibility index (Phi) is 4.28. The summed E-state index contributed by atoms with van der Waals surface area (Å²) in [4.78, 5) is 1.90. The highest BCUT2D eigenvalue weighted by Crippen LogP contribution is 2.32. The van der Waals surface area contributed by atoms with E-state index in [1.165, 1.54) is 0 Å². The minimum absolute atomic E-state index is 0.180.